The van der Waals surface area contributed by atoms with Gasteiger partial charge in [0.15, 0.2) is 11.6 Å². The molecule has 2 nitrogen and oxygen atoms in total. The second-order valence-electron chi connectivity index (χ2n) is 5.88. The third kappa shape index (κ3) is 2.47. The first-order valence-corrected chi connectivity index (χ1v) is 8.01. The molecule has 3 aromatic carbocycles. The summed E-state index contributed by atoms with van der Waals surface area (Å²) in [6.45, 7) is -0.0437. The largest absolute Gasteiger partial charge is 0.488 e. The number of hydrogen-bond donors (Lipinski definition) is 1. The van der Waals surface area contributed by atoms with E-state index in [4.69, 9.17) is 9.84 Å². The van der Waals surface area contributed by atoms with Crippen molar-refractivity contribution in [3.05, 3.63) is 77.6 Å². The van der Waals surface area contributed by atoms with Crippen LogP contribution < -0.4 is 4.74 Å². The lowest BCUT2D eigenvalue weighted by molar-refractivity contribution is 0.196. The van der Waals surface area contributed by atoms with E-state index >= 15 is 0 Å². The minimum Gasteiger partial charge on any atom is -0.488 e. The molecule has 0 aliphatic heterocycles. The van der Waals surface area contributed by atoms with Crippen molar-refractivity contribution in [1.82, 2.24) is 0 Å². The van der Waals surface area contributed by atoms with Crippen LogP contribution >= 0.6 is 0 Å². The first-order valence-electron chi connectivity index (χ1n) is 8.01. The molecule has 0 heterocycles. The van der Waals surface area contributed by atoms with Crippen molar-refractivity contribution in [1.29, 1.82) is 0 Å². The lowest BCUT2D eigenvalue weighted by Crippen LogP contribution is -2.03. The minimum atomic E-state index is -0.408. The van der Waals surface area contributed by atoms with Crippen molar-refractivity contribution in [2.24, 2.45) is 0 Å². The van der Waals surface area contributed by atoms with Crippen molar-refractivity contribution < 1.29 is 14.2 Å². The van der Waals surface area contributed by atoms with E-state index in [0.29, 0.717) is 0 Å². The third-order valence-electron chi connectivity index (χ3n) is 4.44. The lowest BCUT2D eigenvalue weighted by atomic mass is 9.95. The fourth-order valence-corrected chi connectivity index (χ4v) is 3.37. The average molecular weight is 320 g/mol. The Kier molecular flexibility index (Phi) is 3.79. The number of ether oxygens (including phenoxy) is 1. The quantitative estimate of drug-likeness (QED) is 0.602. The zero-order chi connectivity index (χ0) is 16.5. The topological polar surface area (TPSA) is 29.5 Å². The Bertz CT molecular complexity index is 902. The summed E-state index contributed by atoms with van der Waals surface area (Å²) in [7, 11) is 0. The van der Waals surface area contributed by atoms with Crippen molar-refractivity contribution in [3.8, 4) is 28.0 Å². The molecule has 0 amide bonds. The van der Waals surface area contributed by atoms with Gasteiger partial charge in [-0.25, -0.2) is 4.39 Å². The molecule has 0 bridgehead atoms. The van der Waals surface area contributed by atoms with Crippen LogP contribution in [0.1, 0.15) is 11.1 Å². The van der Waals surface area contributed by atoms with Crippen LogP contribution in [0.4, 0.5) is 4.39 Å². The van der Waals surface area contributed by atoms with Crippen LogP contribution in [0, 0.1) is 5.82 Å². The van der Waals surface area contributed by atoms with Crippen LogP contribution in [-0.2, 0) is 6.42 Å². The summed E-state index contributed by atoms with van der Waals surface area (Å²) in [6.07, 6.45) is 0.867. The molecule has 4 rings (SSSR count). The summed E-state index contributed by atoms with van der Waals surface area (Å²) in [5.41, 5.74) is 6.93. The summed E-state index contributed by atoms with van der Waals surface area (Å²) in [5.74, 6) is -0.238. The van der Waals surface area contributed by atoms with Crippen molar-refractivity contribution in [2.45, 2.75) is 6.42 Å². The Labute approximate surface area is 140 Å². The van der Waals surface area contributed by atoms with Crippen molar-refractivity contribution in [3.63, 3.8) is 0 Å². The fraction of sp³-hybridized carbons (Fsp3) is 0.143. The van der Waals surface area contributed by atoms with Gasteiger partial charge in [-0.1, -0.05) is 48.5 Å². The number of fused-ring (bicyclic) bond motifs is 3. The molecule has 24 heavy (non-hydrogen) atoms. The second kappa shape index (κ2) is 6.10. The highest BCUT2D eigenvalue weighted by Crippen LogP contribution is 2.41. The monoisotopic (exact) mass is 320 g/mol. The molecule has 1 aliphatic rings. The maximum absolute atomic E-state index is 14.3. The molecule has 0 unspecified atom stereocenters. The van der Waals surface area contributed by atoms with Gasteiger partial charge < -0.3 is 9.84 Å². The van der Waals surface area contributed by atoms with Crippen LogP contribution in [0.5, 0.6) is 5.75 Å². The molecule has 0 spiro atoms. The molecule has 0 fully saturated rings. The summed E-state index contributed by atoms with van der Waals surface area (Å²) < 4.78 is 19.5. The molecule has 3 heteroatoms. The van der Waals surface area contributed by atoms with E-state index in [2.05, 4.69) is 24.3 Å². The van der Waals surface area contributed by atoms with E-state index in [0.717, 1.165) is 17.5 Å². The number of halogens is 1. The number of rotatable bonds is 4. The van der Waals surface area contributed by atoms with Gasteiger partial charge in [-0.3, -0.25) is 0 Å². The third-order valence-corrected chi connectivity index (χ3v) is 4.44. The van der Waals surface area contributed by atoms with Crippen LogP contribution in [-0.4, -0.2) is 18.3 Å². The SMILES string of the molecule is OCCOc1ccc(-c2cccc3c2Cc2ccccc2-3)cc1F. The van der Waals surface area contributed by atoms with Gasteiger partial charge >= 0.3 is 0 Å². The highest BCUT2D eigenvalue weighted by atomic mass is 19.1. The molecule has 1 aliphatic carbocycles. The van der Waals surface area contributed by atoms with Crippen molar-refractivity contribution >= 4 is 0 Å². The van der Waals surface area contributed by atoms with E-state index in [1.165, 1.54) is 28.3 Å². The molecule has 0 aromatic heterocycles. The number of benzene rings is 3. The molecule has 3 aromatic rings. The summed E-state index contributed by atoms with van der Waals surface area (Å²) >= 11 is 0. The zero-order valence-corrected chi connectivity index (χ0v) is 13.1. The van der Waals surface area contributed by atoms with Gasteiger partial charge in [-0.15, -0.1) is 0 Å². The Hall–Kier alpha value is -2.65. The molecule has 1 N–H and O–H groups in total. The van der Waals surface area contributed by atoms with Gasteiger partial charge in [0.25, 0.3) is 0 Å². The van der Waals surface area contributed by atoms with Gasteiger partial charge in [-0.05, 0) is 51.9 Å². The molecular formula is C21H17FO2. The van der Waals surface area contributed by atoms with E-state index in [1.54, 1.807) is 6.07 Å². The highest BCUT2D eigenvalue weighted by Gasteiger charge is 2.21. The van der Waals surface area contributed by atoms with Crippen LogP contribution in [0.15, 0.2) is 60.7 Å². The molecule has 0 saturated carbocycles. The fourth-order valence-electron chi connectivity index (χ4n) is 3.37. The van der Waals surface area contributed by atoms with Gasteiger partial charge in [0.2, 0.25) is 0 Å². The minimum absolute atomic E-state index is 0.0896. The number of aliphatic hydroxyl groups is 1. The average Bonchev–Trinajstić information content (AvgIpc) is 2.99. The predicted octanol–water partition coefficient (Wildman–Crippen LogP) is 4.44. The molecule has 120 valence electrons. The van der Waals surface area contributed by atoms with Crippen molar-refractivity contribution in [2.75, 3.05) is 13.2 Å². The first-order chi connectivity index (χ1) is 11.8. The number of aliphatic hydroxyl groups excluding tert-OH is 1. The predicted molar refractivity (Wildman–Crippen MR) is 92.7 cm³/mol. The summed E-state index contributed by atoms with van der Waals surface area (Å²) in [6, 6.07) is 19.6. The van der Waals surface area contributed by atoms with E-state index < -0.39 is 5.82 Å². The van der Waals surface area contributed by atoms with E-state index in [9.17, 15) is 4.39 Å². The van der Waals surface area contributed by atoms with Gasteiger partial charge in [-0.2, -0.15) is 0 Å². The van der Waals surface area contributed by atoms with Gasteiger partial charge in [0, 0.05) is 0 Å². The lowest BCUT2D eigenvalue weighted by Gasteiger charge is -2.11. The Morgan fingerprint density at radius 3 is 2.54 bits per heavy atom. The molecular weight excluding hydrogens is 303 g/mol. The Morgan fingerprint density at radius 2 is 1.71 bits per heavy atom. The van der Waals surface area contributed by atoms with Crippen LogP contribution in [0.2, 0.25) is 0 Å². The standard InChI is InChI=1S/C21H17FO2/c22-20-13-15(8-9-21(20)24-11-10-23)17-6-3-7-18-16-5-2-1-4-14(16)12-19(17)18/h1-9,13,23H,10-12H2. The highest BCUT2D eigenvalue weighted by molar-refractivity contribution is 5.84. The maximum Gasteiger partial charge on any atom is 0.165 e. The number of hydrogen-bond acceptors (Lipinski definition) is 2. The second-order valence-corrected chi connectivity index (χ2v) is 5.88. The maximum atomic E-state index is 14.3. The molecule has 0 atom stereocenters. The normalized spacial score (nSPS) is 11.9. The van der Waals surface area contributed by atoms with Gasteiger partial charge in [0.1, 0.15) is 6.61 Å². The van der Waals surface area contributed by atoms with Crippen LogP contribution in [0.3, 0.4) is 0 Å². The van der Waals surface area contributed by atoms with Crippen LogP contribution in [0.25, 0.3) is 22.3 Å². The van der Waals surface area contributed by atoms with Gasteiger partial charge in [0.05, 0.1) is 6.61 Å². The summed E-state index contributed by atoms with van der Waals surface area (Å²) in [4.78, 5) is 0. The molecule has 0 radical (unpaired) electrons. The smallest absolute Gasteiger partial charge is 0.165 e. The van der Waals surface area contributed by atoms with E-state index in [1.807, 2.05) is 24.3 Å². The zero-order valence-electron chi connectivity index (χ0n) is 13.1. The van der Waals surface area contributed by atoms with E-state index in [-0.39, 0.29) is 19.0 Å². The molecule has 0 saturated heterocycles. The Balaban J connectivity index is 1.76. The summed E-state index contributed by atoms with van der Waals surface area (Å²) in [5, 5.41) is 8.80. The Morgan fingerprint density at radius 1 is 0.917 bits per heavy atom. The first kappa shape index (κ1) is 14.9.